The number of thioether (sulfide) groups is 1. The van der Waals surface area contributed by atoms with Gasteiger partial charge >= 0.3 is 12.3 Å². The van der Waals surface area contributed by atoms with Crippen molar-refractivity contribution in [3.63, 3.8) is 0 Å². The van der Waals surface area contributed by atoms with E-state index in [4.69, 9.17) is 25.8 Å². The van der Waals surface area contributed by atoms with Crippen LogP contribution < -0.4 is 4.90 Å². The maximum atomic E-state index is 15.3. The van der Waals surface area contributed by atoms with Crippen molar-refractivity contribution < 1.29 is 46.1 Å². The van der Waals surface area contributed by atoms with Crippen molar-refractivity contribution in [3.05, 3.63) is 46.0 Å². The minimum absolute atomic E-state index is 0.0167. The van der Waals surface area contributed by atoms with Crippen LogP contribution in [0.15, 0.2) is 28.1 Å². The number of aliphatic hydroxyl groups excluding tert-OH is 1. The van der Waals surface area contributed by atoms with Crippen LogP contribution in [0.25, 0.3) is 11.1 Å². The molecule has 0 bridgehead atoms. The third-order valence-electron chi connectivity index (χ3n) is 7.57. The minimum Gasteiger partial charge on any atom is -0.444 e. The molecule has 1 amide bonds. The Labute approximate surface area is 272 Å². The average Bonchev–Trinajstić information content (AvgIpc) is 3.16. The molecule has 16 heteroatoms. The third kappa shape index (κ3) is 7.18. The summed E-state index contributed by atoms with van der Waals surface area (Å²) in [6, 6.07) is 2.17. The lowest BCUT2D eigenvalue weighted by Gasteiger charge is -2.42. The lowest BCUT2D eigenvalue weighted by Crippen LogP contribution is -2.54. The van der Waals surface area contributed by atoms with Gasteiger partial charge in [0.05, 0.1) is 35.6 Å². The molecule has 5 rings (SSSR count). The smallest absolute Gasteiger partial charge is 0.417 e. The number of hydrogen-bond acceptors (Lipinski definition) is 9. The zero-order valence-electron chi connectivity index (χ0n) is 25.6. The van der Waals surface area contributed by atoms with Gasteiger partial charge < -0.3 is 34.0 Å². The van der Waals surface area contributed by atoms with E-state index in [0.29, 0.717) is 6.07 Å². The van der Waals surface area contributed by atoms with Crippen LogP contribution in [-0.2, 0) is 20.4 Å². The van der Waals surface area contributed by atoms with Crippen molar-refractivity contribution in [3.8, 4) is 11.1 Å². The molecule has 0 aliphatic carbocycles. The van der Waals surface area contributed by atoms with E-state index in [0.717, 1.165) is 23.9 Å². The van der Waals surface area contributed by atoms with E-state index < -0.39 is 63.7 Å². The molecule has 0 saturated carbocycles. The number of aliphatic imine (C=N–C) groups is 1. The third-order valence-corrected chi connectivity index (χ3v) is 9.08. The van der Waals surface area contributed by atoms with E-state index in [1.54, 1.807) is 25.7 Å². The molecule has 46 heavy (non-hydrogen) atoms. The second-order valence-corrected chi connectivity index (χ2v) is 13.4. The van der Waals surface area contributed by atoms with Gasteiger partial charge in [-0.05, 0) is 32.9 Å². The standard InChI is InChI=1S/C30H34ClF5N4O5S/c1-29(2,3)45-28(42)39-7-5-38(6-8-39)26-18-11-19(30(34,35)36)23(17-12-20(31)22(33)13-21(17)32)25-24(18)40(27(41)37-26)14-16(15-46-25)44-10-9-43-4/h11-13,16,27,41H,5-10,14-15H2,1-4H3/t16-,27?/m0/s1. The molecule has 3 aliphatic rings. The number of carbonyl (C=O) groups excluding carboxylic acids is 1. The second-order valence-electron chi connectivity index (χ2n) is 12.0. The van der Waals surface area contributed by atoms with Crippen LogP contribution in [0.1, 0.15) is 31.9 Å². The van der Waals surface area contributed by atoms with Crippen molar-refractivity contribution >= 4 is 41.0 Å². The van der Waals surface area contributed by atoms with Gasteiger partial charge in [-0.1, -0.05) is 11.6 Å². The van der Waals surface area contributed by atoms with Crippen molar-refractivity contribution in [1.82, 2.24) is 9.80 Å². The summed E-state index contributed by atoms with van der Waals surface area (Å²) in [5.74, 6) is -2.10. The summed E-state index contributed by atoms with van der Waals surface area (Å²) >= 11 is 6.96. The summed E-state index contributed by atoms with van der Waals surface area (Å²) in [6.45, 7) is 6.53. The Bertz CT molecular complexity index is 1510. The van der Waals surface area contributed by atoms with Gasteiger partial charge in [0.1, 0.15) is 23.1 Å². The zero-order valence-corrected chi connectivity index (χ0v) is 27.2. The molecule has 2 aromatic rings. The molecule has 1 N–H and O–H groups in total. The maximum absolute atomic E-state index is 15.3. The summed E-state index contributed by atoms with van der Waals surface area (Å²) in [7, 11) is 1.50. The van der Waals surface area contributed by atoms with Crippen molar-refractivity contribution in [2.75, 3.05) is 63.7 Å². The van der Waals surface area contributed by atoms with Crippen molar-refractivity contribution in [2.24, 2.45) is 4.99 Å². The molecular weight excluding hydrogens is 659 g/mol. The van der Waals surface area contributed by atoms with Crippen LogP contribution in [0.2, 0.25) is 5.02 Å². The summed E-state index contributed by atoms with van der Waals surface area (Å²) < 4.78 is 90.6. The van der Waals surface area contributed by atoms with Crippen LogP contribution >= 0.6 is 23.4 Å². The first kappa shape index (κ1) is 34.5. The highest BCUT2D eigenvalue weighted by Crippen LogP contribution is 2.52. The van der Waals surface area contributed by atoms with Crippen molar-refractivity contribution in [2.45, 2.75) is 49.9 Å². The molecular formula is C30H34ClF5N4O5S. The first-order chi connectivity index (χ1) is 21.6. The van der Waals surface area contributed by atoms with Crippen molar-refractivity contribution in [1.29, 1.82) is 0 Å². The number of nitrogens with zero attached hydrogens (tertiary/aromatic N) is 4. The fourth-order valence-corrected chi connectivity index (χ4v) is 6.97. The molecule has 0 aromatic heterocycles. The van der Waals surface area contributed by atoms with Crippen LogP contribution in [0.4, 0.5) is 32.4 Å². The summed E-state index contributed by atoms with van der Waals surface area (Å²) in [5.41, 5.74) is -2.67. The number of amides is 1. The predicted molar refractivity (Wildman–Crippen MR) is 163 cm³/mol. The minimum atomic E-state index is -4.98. The molecule has 1 saturated heterocycles. The number of alkyl halides is 3. The molecule has 3 heterocycles. The fraction of sp³-hybridized carbons (Fsp3) is 0.533. The predicted octanol–water partition coefficient (Wildman–Crippen LogP) is 5.84. The molecule has 252 valence electrons. The number of aliphatic hydroxyl groups is 1. The van der Waals surface area contributed by atoms with E-state index >= 15 is 4.39 Å². The molecule has 1 fully saturated rings. The molecule has 3 aliphatic heterocycles. The Morgan fingerprint density at radius 1 is 1.07 bits per heavy atom. The Hall–Kier alpha value is -2.85. The number of ether oxygens (including phenoxy) is 3. The van der Waals surface area contributed by atoms with Gasteiger partial charge in [0.2, 0.25) is 6.35 Å². The summed E-state index contributed by atoms with van der Waals surface area (Å²) in [5, 5.41) is 10.8. The number of halogens is 6. The van der Waals surface area contributed by atoms with Crippen LogP contribution in [-0.4, -0.2) is 104 Å². The zero-order chi connectivity index (χ0) is 33.6. The second kappa shape index (κ2) is 13.3. The van der Waals surface area contributed by atoms with Gasteiger partial charge in [-0.2, -0.15) is 13.2 Å². The largest absolute Gasteiger partial charge is 0.444 e. The Kier molecular flexibility index (Phi) is 10.00. The van der Waals surface area contributed by atoms with E-state index in [1.165, 1.54) is 16.9 Å². The number of rotatable bonds is 5. The molecule has 9 nitrogen and oxygen atoms in total. The normalized spacial score (nSPS) is 20.3. The lowest BCUT2D eigenvalue weighted by atomic mass is 9.93. The first-order valence-electron chi connectivity index (χ1n) is 14.5. The number of hydrogen-bond donors (Lipinski definition) is 1. The van der Waals surface area contributed by atoms with Gasteiger partial charge in [0, 0.05) is 73.2 Å². The van der Waals surface area contributed by atoms with Gasteiger partial charge in [0.15, 0.2) is 0 Å². The van der Waals surface area contributed by atoms with E-state index in [9.17, 15) is 27.5 Å². The van der Waals surface area contributed by atoms with Gasteiger partial charge in [0.25, 0.3) is 0 Å². The molecule has 2 atom stereocenters. The Morgan fingerprint density at radius 3 is 2.39 bits per heavy atom. The van der Waals surface area contributed by atoms with Gasteiger partial charge in [-0.15, -0.1) is 11.8 Å². The maximum Gasteiger partial charge on any atom is 0.417 e. The summed E-state index contributed by atoms with van der Waals surface area (Å²) in [4.78, 5) is 21.7. The van der Waals surface area contributed by atoms with Crippen LogP contribution in [0.3, 0.4) is 0 Å². The number of methoxy groups -OCH3 is 1. The molecule has 0 radical (unpaired) electrons. The highest BCUT2D eigenvalue weighted by atomic mass is 35.5. The molecule has 1 unspecified atom stereocenters. The number of amidine groups is 1. The first-order valence-corrected chi connectivity index (χ1v) is 15.9. The molecule has 0 spiro atoms. The van der Waals surface area contributed by atoms with E-state index in [1.807, 2.05) is 0 Å². The highest BCUT2D eigenvalue weighted by molar-refractivity contribution is 7.99. The topological polar surface area (TPSA) is 87.1 Å². The van der Waals surface area contributed by atoms with Gasteiger partial charge in [-0.25, -0.2) is 18.6 Å². The Balaban J connectivity index is 1.63. The quantitative estimate of drug-likeness (QED) is 0.238. The average molecular weight is 693 g/mol. The number of piperazine rings is 1. The monoisotopic (exact) mass is 692 g/mol. The fourth-order valence-electron chi connectivity index (χ4n) is 5.53. The van der Waals surface area contributed by atoms with Gasteiger partial charge in [-0.3, -0.25) is 0 Å². The number of carbonyl (C=O) groups is 1. The number of anilines is 1. The SMILES string of the molecule is COCCO[C@@H]1CSc2c(-c3cc(Cl)c(F)cc3F)c(C(F)(F)F)cc3c2N(C1)C(O)N=C3N1CCN(C(=O)OC(C)(C)C)CC1. The van der Waals surface area contributed by atoms with E-state index in [2.05, 4.69) is 4.99 Å². The van der Waals surface area contributed by atoms with E-state index in [-0.39, 0.29) is 73.7 Å². The molecule has 2 aromatic carbocycles. The van der Waals surface area contributed by atoms with Crippen LogP contribution in [0.5, 0.6) is 0 Å². The Morgan fingerprint density at radius 2 is 1.76 bits per heavy atom. The number of benzene rings is 2. The summed E-state index contributed by atoms with van der Waals surface area (Å²) in [6.07, 6.45) is -7.59. The lowest BCUT2D eigenvalue weighted by molar-refractivity contribution is -0.137. The van der Waals surface area contributed by atoms with Crippen LogP contribution in [0, 0.1) is 11.6 Å². The highest BCUT2D eigenvalue weighted by Gasteiger charge is 2.44.